The summed E-state index contributed by atoms with van der Waals surface area (Å²) in [4.78, 5) is 27.1. The Balaban J connectivity index is 1.70. The van der Waals surface area contributed by atoms with Crippen molar-refractivity contribution in [2.24, 2.45) is 0 Å². The van der Waals surface area contributed by atoms with Gasteiger partial charge in [-0.3, -0.25) is 14.5 Å². The van der Waals surface area contributed by atoms with E-state index in [-0.39, 0.29) is 24.4 Å². The summed E-state index contributed by atoms with van der Waals surface area (Å²) in [5, 5.41) is 5.99. The Morgan fingerprint density at radius 1 is 1.19 bits per heavy atom. The van der Waals surface area contributed by atoms with E-state index in [0.29, 0.717) is 0 Å². The van der Waals surface area contributed by atoms with Crippen molar-refractivity contribution in [3.63, 3.8) is 0 Å². The fraction of sp³-hybridized carbons (Fsp3) is 0.333. The van der Waals surface area contributed by atoms with Crippen LogP contribution in [0.15, 0.2) is 53.0 Å². The van der Waals surface area contributed by atoms with Crippen LogP contribution in [-0.2, 0) is 9.59 Å². The number of benzene rings is 2. The molecule has 3 rings (SSSR count). The van der Waals surface area contributed by atoms with Crippen LogP contribution in [0.2, 0.25) is 0 Å². The highest BCUT2D eigenvalue weighted by molar-refractivity contribution is 9.10. The van der Waals surface area contributed by atoms with Gasteiger partial charge in [-0.25, -0.2) is 0 Å². The fourth-order valence-electron chi connectivity index (χ4n) is 3.02. The van der Waals surface area contributed by atoms with Crippen LogP contribution in [0.4, 0.5) is 5.69 Å². The largest absolute Gasteiger partial charge is 0.352 e. The molecule has 142 valence electrons. The van der Waals surface area contributed by atoms with E-state index in [1.807, 2.05) is 55.5 Å². The van der Waals surface area contributed by atoms with Crippen LogP contribution in [0.25, 0.3) is 0 Å². The van der Waals surface area contributed by atoms with Gasteiger partial charge in [-0.1, -0.05) is 46.3 Å². The van der Waals surface area contributed by atoms with E-state index < -0.39 is 6.04 Å². The molecule has 0 aromatic heterocycles. The number of nitrogens with one attached hydrogen (secondary N) is 2. The summed E-state index contributed by atoms with van der Waals surface area (Å²) in [5.41, 5.74) is 2.63. The van der Waals surface area contributed by atoms with Crippen LogP contribution < -0.4 is 10.6 Å². The molecule has 6 heteroatoms. The van der Waals surface area contributed by atoms with Gasteiger partial charge in [-0.05, 0) is 56.1 Å². The summed E-state index contributed by atoms with van der Waals surface area (Å²) in [6.07, 6.45) is 2.06. The van der Waals surface area contributed by atoms with E-state index in [2.05, 4.69) is 26.6 Å². The average Bonchev–Trinajstić information content (AvgIpc) is 3.42. The Hall–Kier alpha value is -2.18. The first-order valence-electron chi connectivity index (χ1n) is 9.05. The van der Waals surface area contributed by atoms with Gasteiger partial charge in [0.1, 0.15) is 6.04 Å². The summed E-state index contributed by atoms with van der Waals surface area (Å²) in [5.74, 6) is -0.207. The van der Waals surface area contributed by atoms with Gasteiger partial charge in [0.25, 0.3) is 0 Å². The molecule has 2 aromatic carbocycles. The van der Waals surface area contributed by atoms with Crippen molar-refractivity contribution in [2.75, 3.05) is 18.9 Å². The molecule has 2 N–H and O–H groups in total. The van der Waals surface area contributed by atoms with E-state index in [0.717, 1.165) is 34.1 Å². The number of likely N-dealkylation sites (N-methyl/N-ethyl adjacent to an activating group) is 1. The molecule has 2 aromatic rings. The second-order valence-electron chi connectivity index (χ2n) is 7.02. The molecule has 0 spiro atoms. The third kappa shape index (κ3) is 5.40. The number of anilines is 1. The van der Waals surface area contributed by atoms with Crippen molar-refractivity contribution >= 4 is 33.4 Å². The molecule has 0 aliphatic heterocycles. The van der Waals surface area contributed by atoms with Crippen LogP contribution in [-0.4, -0.2) is 36.3 Å². The summed E-state index contributed by atoms with van der Waals surface area (Å²) in [7, 11) is 1.80. The molecule has 1 aliphatic carbocycles. The Kier molecular flexibility index (Phi) is 6.29. The third-order valence-electron chi connectivity index (χ3n) is 4.58. The van der Waals surface area contributed by atoms with Gasteiger partial charge in [0.15, 0.2) is 0 Å². The van der Waals surface area contributed by atoms with Crippen molar-refractivity contribution in [2.45, 2.75) is 31.8 Å². The number of rotatable bonds is 7. The molecule has 1 atom stereocenters. The van der Waals surface area contributed by atoms with Crippen molar-refractivity contribution in [3.8, 4) is 0 Å². The molecule has 27 heavy (non-hydrogen) atoms. The standard InChI is InChI=1S/C21H24BrN3O2/c1-14-12-16(22)8-11-18(14)24-19(26)13-25(2)20(15-6-4-3-5-7-15)21(27)23-17-9-10-17/h3-8,11-12,17,20H,9-10,13H2,1-2H3,(H,23,27)(H,24,26)/t20-/m1/s1. The van der Waals surface area contributed by atoms with Gasteiger partial charge in [-0.2, -0.15) is 0 Å². The Morgan fingerprint density at radius 3 is 2.52 bits per heavy atom. The first-order chi connectivity index (χ1) is 12.9. The predicted molar refractivity (Wildman–Crippen MR) is 110 cm³/mol. The molecule has 0 bridgehead atoms. The third-order valence-corrected chi connectivity index (χ3v) is 5.08. The molecule has 2 amide bonds. The lowest BCUT2D eigenvalue weighted by molar-refractivity contribution is -0.127. The highest BCUT2D eigenvalue weighted by Crippen LogP contribution is 2.24. The van der Waals surface area contributed by atoms with Gasteiger partial charge in [0.2, 0.25) is 11.8 Å². The molecule has 0 heterocycles. The minimum absolute atomic E-state index is 0.0566. The molecular weight excluding hydrogens is 406 g/mol. The molecule has 0 unspecified atom stereocenters. The smallest absolute Gasteiger partial charge is 0.242 e. The monoisotopic (exact) mass is 429 g/mol. The van der Waals surface area contributed by atoms with Gasteiger partial charge in [-0.15, -0.1) is 0 Å². The normalized spacial score (nSPS) is 14.7. The van der Waals surface area contributed by atoms with Crippen molar-refractivity contribution in [1.82, 2.24) is 10.2 Å². The molecule has 0 radical (unpaired) electrons. The zero-order chi connectivity index (χ0) is 19.4. The second-order valence-corrected chi connectivity index (χ2v) is 7.93. The molecule has 1 saturated carbocycles. The predicted octanol–water partition coefficient (Wildman–Crippen LogP) is 3.65. The van der Waals surface area contributed by atoms with Crippen LogP contribution in [0, 0.1) is 6.92 Å². The lowest BCUT2D eigenvalue weighted by atomic mass is 10.0. The topological polar surface area (TPSA) is 61.4 Å². The maximum absolute atomic E-state index is 12.8. The first-order valence-corrected chi connectivity index (χ1v) is 9.85. The summed E-state index contributed by atoms with van der Waals surface area (Å²) in [6.45, 7) is 2.06. The highest BCUT2D eigenvalue weighted by Gasteiger charge is 2.31. The number of aryl methyl sites for hydroxylation is 1. The Bertz CT molecular complexity index is 821. The lowest BCUT2D eigenvalue weighted by Crippen LogP contribution is -2.42. The van der Waals surface area contributed by atoms with Gasteiger partial charge in [0, 0.05) is 16.2 Å². The minimum Gasteiger partial charge on any atom is -0.352 e. The number of hydrogen-bond donors (Lipinski definition) is 2. The number of carbonyl (C=O) groups excluding carboxylic acids is 2. The summed E-state index contributed by atoms with van der Waals surface area (Å²) in [6, 6.07) is 15.1. The quantitative estimate of drug-likeness (QED) is 0.705. The number of carbonyl (C=O) groups is 2. The van der Waals surface area contributed by atoms with Crippen molar-refractivity contribution in [3.05, 3.63) is 64.1 Å². The first kappa shape index (κ1) is 19.6. The SMILES string of the molecule is Cc1cc(Br)ccc1NC(=O)CN(C)[C@@H](C(=O)NC1CC1)c1ccccc1. The summed E-state index contributed by atoms with van der Waals surface area (Å²) < 4.78 is 0.969. The van der Waals surface area contributed by atoms with E-state index in [9.17, 15) is 9.59 Å². The zero-order valence-corrected chi connectivity index (χ0v) is 17.1. The van der Waals surface area contributed by atoms with Crippen LogP contribution in [0.3, 0.4) is 0 Å². The lowest BCUT2D eigenvalue weighted by Gasteiger charge is -2.27. The molecule has 0 saturated heterocycles. The van der Waals surface area contributed by atoms with Gasteiger partial charge in [0.05, 0.1) is 6.54 Å². The van der Waals surface area contributed by atoms with E-state index in [4.69, 9.17) is 0 Å². The summed E-state index contributed by atoms with van der Waals surface area (Å²) >= 11 is 3.42. The Morgan fingerprint density at radius 2 is 1.89 bits per heavy atom. The van der Waals surface area contributed by atoms with Gasteiger partial charge >= 0.3 is 0 Å². The van der Waals surface area contributed by atoms with Crippen LogP contribution in [0.1, 0.15) is 30.0 Å². The maximum atomic E-state index is 12.8. The molecule has 1 aliphatic rings. The molecule has 1 fully saturated rings. The fourth-order valence-corrected chi connectivity index (χ4v) is 3.50. The highest BCUT2D eigenvalue weighted by atomic mass is 79.9. The van der Waals surface area contributed by atoms with Crippen LogP contribution >= 0.6 is 15.9 Å². The van der Waals surface area contributed by atoms with E-state index >= 15 is 0 Å². The van der Waals surface area contributed by atoms with Gasteiger partial charge < -0.3 is 10.6 Å². The maximum Gasteiger partial charge on any atom is 0.242 e. The molecular formula is C21H24BrN3O2. The zero-order valence-electron chi connectivity index (χ0n) is 15.5. The van der Waals surface area contributed by atoms with Crippen LogP contribution in [0.5, 0.6) is 0 Å². The minimum atomic E-state index is -0.497. The number of nitrogens with zero attached hydrogens (tertiary/aromatic N) is 1. The number of halogens is 1. The van der Waals surface area contributed by atoms with E-state index in [1.54, 1.807) is 11.9 Å². The van der Waals surface area contributed by atoms with Crippen molar-refractivity contribution in [1.29, 1.82) is 0 Å². The molecule has 5 nitrogen and oxygen atoms in total. The number of amides is 2. The second kappa shape index (κ2) is 8.67. The van der Waals surface area contributed by atoms with Crippen molar-refractivity contribution < 1.29 is 9.59 Å². The Labute approximate surface area is 168 Å². The average molecular weight is 430 g/mol. The van der Waals surface area contributed by atoms with E-state index in [1.165, 1.54) is 0 Å². The number of hydrogen-bond acceptors (Lipinski definition) is 3.